The zero-order valence-electron chi connectivity index (χ0n) is 22.2. The second-order valence-electron chi connectivity index (χ2n) is 9.47. The number of aliphatic hydroxyl groups is 1. The molecule has 5 rings (SSSR count). The van der Waals surface area contributed by atoms with E-state index in [-0.39, 0.29) is 25.0 Å². The number of halogens is 1. The number of nitrogens with zero attached hydrogens (tertiary/aromatic N) is 8. The highest BCUT2D eigenvalue weighted by Crippen LogP contribution is 2.26. The summed E-state index contributed by atoms with van der Waals surface area (Å²) >= 11 is 0. The number of ether oxygens (including phenoxy) is 1. The van der Waals surface area contributed by atoms with E-state index < -0.39 is 6.09 Å². The number of anilines is 2. The molecule has 4 aromatic heterocycles. The summed E-state index contributed by atoms with van der Waals surface area (Å²) in [5.74, 6) is 0.661. The van der Waals surface area contributed by atoms with Crippen molar-refractivity contribution >= 4 is 46.9 Å². The van der Waals surface area contributed by atoms with Crippen LogP contribution >= 0.6 is 12.4 Å². The number of unbranched alkanes of at least 4 members (excludes halogenated alkanes) is 1. The van der Waals surface area contributed by atoms with Crippen LogP contribution in [-0.2, 0) is 17.8 Å². The first-order chi connectivity index (χ1) is 18.6. The van der Waals surface area contributed by atoms with Gasteiger partial charge in [-0.05, 0) is 25.3 Å². The average Bonchev–Trinajstić information content (AvgIpc) is 3.54. The van der Waals surface area contributed by atoms with Gasteiger partial charge in [-0.15, -0.1) is 12.4 Å². The fraction of sp³-hybridized carbons (Fsp3) is 0.520. The molecule has 13 nitrogen and oxygen atoms in total. The van der Waals surface area contributed by atoms with Crippen molar-refractivity contribution in [3.63, 3.8) is 0 Å². The fourth-order valence-electron chi connectivity index (χ4n) is 4.54. The summed E-state index contributed by atoms with van der Waals surface area (Å²) in [5, 5.41) is 25.1. The Morgan fingerprint density at radius 1 is 1.26 bits per heavy atom. The third-order valence-corrected chi connectivity index (χ3v) is 6.84. The summed E-state index contributed by atoms with van der Waals surface area (Å²) in [5.41, 5.74) is 3.95. The number of carbonyl (C=O) groups excluding carboxylic acids is 1. The van der Waals surface area contributed by atoms with Crippen molar-refractivity contribution in [1.82, 2.24) is 39.7 Å². The monoisotopic (exact) mass is 558 g/mol. The van der Waals surface area contributed by atoms with Crippen LogP contribution in [-0.4, -0.2) is 78.4 Å². The van der Waals surface area contributed by atoms with Crippen molar-refractivity contribution in [2.45, 2.75) is 58.2 Å². The van der Waals surface area contributed by atoms with Crippen molar-refractivity contribution in [3.05, 3.63) is 35.9 Å². The predicted molar refractivity (Wildman–Crippen MR) is 149 cm³/mol. The van der Waals surface area contributed by atoms with Gasteiger partial charge in [0.25, 0.3) is 0 Å². The minimum atomic E-state index is -0.661. The van der Waals surface area contributed by atoms with Gasteiger partial charge in [0.1, 0.15) is 11.8 Å². The van der Waals surface area contributed by atoms with Gasteiger partial charge in [-0.3, -0.25) is 10.00 Å². The third-order valence-electron chi connectivity index (χ3n) is 6.84. The van der Waals surface area contributed by atoms with Gasteiger partial charge < -0.3 is 20.1 Å². The SMILES string of the molecule is CCCCN(CCO)c1nc(NC(=O)OC)nc2cn(Cc3ccc(CNC4CCC4)n4ncnc34)nc12.Cl. The van der Waals surface area contributed by atoms with Gasteiger partial charge in [0.2, 0.25) is 5.95 Å². The number of aliphatic hydroxyl groups excluding tert-OH is 1. The molecule has 4 heterocycles. The molecule has 39 heavy (non-hydrogen) atoms. The van der Waals surface area contributed by atoms with Gasteiger partial charge in [-0.25, -0.2) is 19.3 Å². The van der Waals surface area contributed by atoms with Crippen LogP contribution in [0.4, 0.5) is 16.6 Å². The van der Waals surface area contributed by atoms with E-state index in [1.807, 2.05) is 15.6 Å². The van der Waals surface area contributed by atoms with Crippen LogP contribution in [0.25, 0.3) is 16.7 Å². The van der Waals surface area contributed by atoms with E-state index in [4.69, 9.17) is 9.84 Å². The molecule has 0 aliphatic heterocycles. The first-order valence-corrected chi connectivity index (χ1v) is 13.1. The normalized spacial score (nSPS) is 13.3. The standard InChI is InChI=1S/C25H34N10O3.ClH/c1-3-4-10-33(11-12-36)23-21-20(29-24(30-23)31-25(37)38-2)15-34(32-21)14-17-8-9-19(13-26-18-6-5-7-18)35-22(17)27-16-28-35;/h8-9,15-16,18,26,36H,3-7,10-14H2,1-2H3,(H,29,31,37);1H. The number of nitrogens with one attached hydrogen (secondary N) is 2. The number of rotatable bonds is 12. The smallest absolute Gasteiger partial charge is 0.413 e. The van der Waals surface area contributed by atoms with E-state index >= 15 is 0 Å². The first kappa shape index (κ1) is 28.5. The summed E-state index contributed by atoms with van der Waals surface area (Å²) in [6.45, 7) is 4.32. The van der Waals surface area contributed by atoms with Crippen LogP contribution in [0.15, 0.2) is 24.7 Å². The number of methoxy groups -OCH3 is 1. The van der Waals surface area contributed by atoms with Crippen molar-refractivity contribution < 1.29 is 14.6 Å². The molecule has 1 amide bonds. The van der Waals surface area contributed by atoms with Gasteiger partial charge in [-0.1, -0.05) is 25.8 Å². The highest BCUT2D eigenvalue weighted by molar-refractivity contribution is 5.89. The van der Waals surface area contributed by atoms with Crippen molar-refractivity contribution in [3.8, 4) is 0 Å². The molecule has 14 heteroatoms. The summed E-state index contributed by atoms with van der Waals surface area (Å²) < 4.78 is 8.39. The van der Waals surface area contributed by atoms with E-state index in [0.29, 0.717) is 42.5 Å². The topological polar surface area (TPSA) is 148 Å². The van der Waals surface area contributed by atoms with E-state index in [0.717, 1.165) is 36.3 Å². The zero-order chi connectivity index (χ0) is 26.5. The second-order valence-corrected chi connectivity index (χ2v) is 9.47. The number of hydrogen-bond acceptors (Lipinski definition) is 10. The van der Waals surface area contributed by atoms with Gasteiger partial charge in [0.15, 0.2) is 17.0 Å². The summed E-state index contributed by atoms with van der Waals surface area (Å²) in [7, 11) is 1.28. The highest BCUT2D eigenvalue weighted by atomic mass is 35.5. The van der Waals surface area contributed by atoms with Crippen LogP contribution in [0.5, 0.6) is 0 Å². The maximum absolute atomic E-state index is 11.9. The van der Waals surface area contributed by atoms with Crippen LogP contribution < -0.4 is 15.5 Å². The summed E-state index contributed by atoms with van der Waals surface area (Å²) in [6, 6.07) is 4.72. The van der Waals surface area contributed by atoms with Gasteiger partial charge in [0.05, 0.1) is 32.2 Å². The molecule has 210 valence electrons. The number of aromatic nitrogens is 7. The lowest BCUT2D eigenvalue weighted by molar-refractivity contribution is 0.186. The summed E-state index contributed by atoms with van der Waals surface area (Å²) in [4.78, 5) is 27.4. The number of carbonyl (C=O) groups is 1. The number of fused-ring (bicyclic) bond motifs is 2. The Morgan fingerprint density at radius 2 is 2.10 bits per heavy atom. The summed E-state index contributed by atoms with van der Waals surface area (Å²) in [6.07, 6.45) is 8.36. The van der Waals surface area contributed by atoms with Gasteiger partial charge >= 0.3 is 6.09 Å². The maximum Gasteiger partial charge on any atom is 0.413 e. The largest absolute Gasteiger partial charge is 0.453 e. The molecule has 0 saturated heterocycles. The van der Waals surface area contributed by atoms with E-state index in [9.17, 15) is 9.90 Å². The number of amides is 1. The maximum atomic E-state index is 11.9. The Bertz CT molecular complexity index is 1400. The predicted octanol–water partition coefficient (Wildman–Crippen LogP) is 2.76. The van der Waals surface area contributed by atoms with Gasteiger partial charge in [0, 0.05) is 31.2 Å². The second kappa shape index (κ2) is 13.0. The van der Waals surface area contributed by atoms with E-state index in [1.165, 1.54) is 26.4 Å². The Morgan fingerprint density at radius 3 is 2.82 bits per heavy atom. The van der Waals surface area contributed by atoms with Crippen LogP contribution in [0, 0.1) is 0 Å². The molecule has 0 spiro atoms. The van der Waals surface area contributed by atoms with Crippen LogP contribution in [0.2, 0.25) is 0 Å². The third kappa shape index (κ3) is 6.37. The molecular weight excluding hydrogens is 524 g/mol. The Kier molecular flexibility index (Phi) is 9.49. The van der Waals surface area contributed by atoms with E-state index in [1.54, 1.807) is 11.0 Å². The lowest BCUT2D eigenvalue weighted by Crippen LogP contribution is -2.35. The molecule has 3 N–H and O–H groups in total. The molecule has 0 bridgehead atoms. The van der Waals surface area contributed by atoms with Gasteiger partial charge in [-0.2, -0.15) is 15.2 Å². The van der Waals surface area contributed by atoms with E-state index in [2.05, 4.69) is 49.7 Å². The van der Waals surface area contributed by atoms with Crippen LogP contribution in [0.1, 0.15) is 50.3 Å². The molecule has 1 fully saturated rings. The molecular formula is C25H35ClN10O3. The molecule has 1 aliphatic rings. The molecule has 4 aromatic rings. The average molecular weight is 559 g/mol. The fourth-order valence-corrected chi connectivity index (χ4v) is 4.54. The Hall–Kier alpha value is -3.55. The molecule has 0 radical (unpaired) electrons. The Balaban J connectivity index is 0.00000353. The molecule has 1 saturated carbocycles. The number of pyridine rings is 1. The van der Waals surface area contributed by atoms with Crippen molar-refractivity contribution in [1.29, 1.82) is 0 Å². The van der Waals surface area contributed by atoms with Crippen molar-refractivity contribution in [2.75, 3.05) is 37.0 Å². The lowest BCUT2D eigenvalue weighted by Gasteiger charge is -2.26. The zero-order valence-corrected chi connectivity index (χ0v) is 23.0. The molecule has 0 aromatic carbocycles. The van der Waals surface area contributed by atoms with Crippen LogP contribution in [0.3, 0.4) is 0 Å². The minimum Gasteiger partial charge on any atom is -0.453 e. The van der Waals surface area contributed by atoms with Crippen molar-refractivity contribution in [2.24, 2.45) is 0 Å². The first-order valence-electron chi connectivity index (χ1n) is 13.1. The number of hydrogen-bond donors (Lipinski definition) is 3. The lowest BCUT2D eigenvalue weighted by atomic mass is 9.93. The minimum absolute atomic E-state index is 0. The molecule has 0 atom stereocenters. The molecule has 1 aliphatic carbocycles. The quantitative estimate of drug-likeness (QED) is 0.237. The highest BCUT2D eigenvalue weighted by Gasteiger charge is 2.20. The Labute approximate surface area is 232 Å². The molecule has 0 unspecified atom stereocenters.